The minimum absolute atomic E-state index is 0. The van der Waals surface area contributed by atoms with Crippen LogP contribution >= 0.6 is 0 Å². The molecule has 0 aliphatic heterocycles. The van der Waals surface area contributed by atoms with Gasteiger partial charge in [0.15, 0.2) is 0 Å². The molecule has 0 spiro atoms. The summed E-state index contributed by atoms with van der Waals surface area (Å²) in [6, 6.07) is 5.56. The number of ether oxygens (including phenoxy) is 1. The average Bonchev–Trinajstić information content (AvgIpc) is 3.46. The van der Waals surface area contributed by atoms with Crippen LogP contribution in [0.25, 0.3) is 0 Å². The molecule has 2 aromatic heterocycles. The van der Waals surface area contributed by atoms with Crippen LogP contribution in [0.15, 0.2) is 28.8 Å². The van der Waals surface area contributed by atoms with E-state index in [1.54, 1.807) is 12.3 Å². The van der Waals surface area contributed by atoms with Gasteiger partial charge in [0, 0.05) is 68.6 Å². The molecule has 262 valence electrons. The summed E-state index contributed by atoms with van der Waals surface area (Å²) in [5, 5.41) is 14.2. The van der Waals surface area contributed by atoms with Crippen LogP contribution in [0.1, 0.15) is 134 Å². The molecule has 2 heterocycles. The number of halogens is 3. The van der Waals surface area contributed by atoms with E-state index < -0.39 is 17.3 Å². The molecule has 0 saturated heterocycles. The number of hydrogen-bond acceptors (Lipinski definition) is 6. The van der Waals surface area contributed by atoms with Gasteiger partial charge in [-0.25, -0.2) is 5.10 Å². The summed E-state index contributed by atoms with van der Waals surface area (Å²) in [4.78, 5) is 17.6. The Bertz CT molecular complexity index is 1290. The van der Waals surface area contributed by atoms with Crippen molar-refractivity contribution in [1.82, 2.24) is 20.1 Å². The maximum absolute atomic E-state index is 12.9. The second-order valence-electron chi connectivity index (χ2n) is 12.1. The number of rotatable bonds is 14. The van der Waals surface area contributed by atoms with E-state index >= 15 is 0 Å². The van der Waals surface area contributed by atoms with E-state index in [1.165, 1.54) is 19.3 Å². The SMILES string of the molecule is CC[C@@H](C)C1CCc2c1n[nH]c(=O)c2C(F)(F)F.Cc1ccc(C#N)cn1.[CH-]=C(N(CCC)CCCCC)[C@@](C)(CC)OCCC.[U]. The number of nitriles is 1. The van der Waals surface area contributed by atoms with Gasteiger partial charge in [-0.3, -0.25) is 9.78 Å². The van der Waals surface area contributed by atoms with Gasteiger partial charge < -0.3 is 16.2 Å². The summed E-state index contributed by atoms with van der Waals surface area (Å²) < 4.78 is 44.6. The third-order valence-corrected chi connectivity index (χ3v) is 8.53. The fourth-order valence-electron chi connectivity index (χ4n) is 5.36. The maximum Gasteiger partial charge on any atom is 0.422 e. The Kier molecular flexibility index (Phi) is 21.5. The number of aromatic amines is 1. The quantitative estimate of drug-likeness (QED) is 0.151. The normalized spacial score (nSPS) is 15.3. The van der Waals surface area contributed by atoms with Gasteiger partial charge in [0.2, 0.25) is 0 Å². The molecular weight excluding hydrogens is 829 g/mol. The third-order valence-electron chi connectivity index (χ3n) is 8.53. The van der Waals surface area contributed by atoms with E-state index in [9.17, 15) is 18.0 Å². The Labute approximate surface area is 304 Å². The molecule has 0 saturated carbocycles. The first-order valence-electron chi connectivity index (χ1n) is 16.8. The van der Waals surface area contributed by atoms with Gasteiger partial charge in [-0.05, 0) is 76.0 Å². The molecule has 3 rings (SSSR count). The molecule has 0 amide bonds. The van der Waals surface area contributed by atoms with Crippen molar-refractivity contribution in [3.63, 3.8) is 0 Å². The molecule has 1 unspecified atom stereocenters. The van der Waals surface area contributed by atoms with E-state index in [0.717, 1.165) is 56.8 Å². The molecule has 0 radical (unpaired) electrons. The number of unbranched alkanes of at least 4 members (excludes halogenated alkanes) is 2. The van der Waals surface area contributed by atoms with Crippen molar-refractivity contribution in [3.8, 4) is 6.07 Å². The molecule has 7 nitrogen and oxygen atoms in total. The van der Waals surface area contributed by atoms with Crippen LogP contribution < -0.4 is 5.56 Å². The summed E-state index contributed by atoms with van der Waals surface area (Å²) in [6.07, 6.45) is 5.58. The van der Waals surface area contributed by atoms with Crippen LogP contribution in [0.5, 0.6) is 0 Å². The van der Waals surface area contributed by atoms with Gasteiger partial charge in [0.05, 0.1) is 16.9 Å². The molecule has 0 fully saturated rings. The van der Waals surface area contributed by atoms with Gasteiger partial charge in [-0.2, -0.15) is 23.5 Å². The third kappa shape index (κ3) is 14.1. The zero-order chi connectivity index (χ0) is 34.9. The predicted octanol–water partition coefficient (Wildman–Crippen LogP) is 8.93. The number of nitrogens with zero attached hydrogens (tertiary/aromatic N) is 4. The van der Waals surface area contributed by atoms with Gasteiger partial charge in [-0.1, -0.05) is 60.8 Å². The Balaban J connectivity index is 0.000000706. The molecule has 1 aliphatic carbocycles. The zero-order valence-corrected chi connectivity index (χ0v) is 33.9. The molecule has 3 atom stereocenters. The Morgan fingerprint density at radius 2 is 1.83 bits per heavy atom. The number of aromatic nitrogens is 3. The van der Waals surface area contributed by atoms with Crippen molar-refractivity contribution >= 4 is 0 Å². The van der Waals surface area contributed by atoms with Crippen molar-refractivity contribution in [3.05, 3.63) is 69.0 Å². The standard InChI is InChI=1S/C17H34NO.C12H15F3N2O.C7H6N2.U/c1-7-11-12-14-18(13-8-2)16(5)17(6,10-4)19-15-9-3;1-3-6(2)7-4-5-8-9(12(13,14)15)11(18)17-16-10(7)8;1-6-2-3-7(4-8)5-9-6;/h5H,7-15H2,1-4,6H3;6-7H,3-5H2,1-2H3,(H,17,18);2-3,5H,1H3;/q-1;;;/t17-;6-,7?;;/m11../s1. The van der Waals surface area contributed by atoms with Crippen LogP contribution in [0.3, 0.4) is 0 Å². The smallest absolute Gasteiger partial charge is 0.422 e. The van der Waals surface area contributed by atoms with Gasteiger partial charge in [-0.15, -0.1) is 5.70 Å². The Hall–Kier alpha value is -2.14. The van der Waals surface area contributed by atoms with Gasteiger partial charge in [0.25, 0.3) is 5.56 Å². The molecule has 11 heteroatoms. The van der Waals surface area contributed by atoms with Crippen LogP contribution in [0.2, 0.25) is 0 Å². The zero-order valence-electron chi connectivity index (χ0n) is 29.7. The summed E-state index contributed by atoms with van der Waals surface area (Å²) in [5.41, 5.74) is 0.491. The monoisotopic (exact) mass is 884 g/mol. The van der Waals surface area contributed by atoms with E-state index in [1.807, 2.05) is 38.0 Å². The van der Waals surface area contributed by atoms with E-state index in [2.05, 4.69) is 49.6 Å². The van der Waals surface area contributed by atoms with Gasteiger partial charge >= 0.3 is 6.18 Å². The molecule has 47 heavy (non-hydrogen) atoms. The molecule has 0 bridgehead atoms. The molecule has 0 aromatic carbocycles. The van der Waals surface area contributed by atoms with Crippen molar-refractivity contribution < 1.29 is 49.0 Å². The first kappa shape index (κ1) is 44.9. The van der Waals surface area contributed by atoms with E-state index in [4.69, 9.17) is 16.6 Å². The van der Waals surface area contributed by atoms with Crippen LogP contribution in [-0.4, -0.2) is 45.4 Å². The summed E-state index contributed by atoms with van der Waals surface area (Å²) in [7, 11) is 0. The number of aryl methyl sites for hydroxylation is 1. The second kappa shape index (κ2) is 22.5. The fourth-order valence-corrected chi connectivity index (χ4v) is 5.36. The topological polar surface area (TPSA) is 94.9 Å². The van der Waals surface area contributed by atoms with Crippen LogP contribution in [-0.2, 0) is 17.3 Å². The number of hydrogen-bond donors (Lipinski definition) is 1. The summed E-state index contributed by atoms with van der Waals surface area (Å²) in [5.74, 6) is 0.286. The van der Waals surface area contributed by atoms with Crippen molar-refractivity contribution in [2.24, 2.45) is 5.92 Å². The number of nitrogens with one attached hydrogen (secondary N) is 1. The minimum atomic E-state index is -4.61. The first-order valence-corrected chi connectivity index (χ1v) is 16.8. The number of fused-ring (bicyclic) bond motifs is 1. The molecular formula is C36H55F3N5O2U-. The Morgan fingerprint density at radius 1 is 1.15 bits per heavy atom. The molecule has 1 aliphatic rings. The minimum Gasteiger partial charge on any atom is -0.490 e. The first-order chi connectivity index (χ1) is 21.7. The largest absolute Gasteiger partial charge is 0.490 e. The number of pyridine rings is 1. The van der Waals surface area contributed by atoms with Crippen molar-refractivity contribution in [2.75, 3.05) is 19.7 Å². The molecule has 2 aromatic rings. The second-order valence-corrected chi connectivity index (χ2v) is 12.1. The van der Waals surface area contributed by atoms with Crippen LogP contribution in [0, 0.1) is 61.9 Å². The van der Waals surface area contributed by atoms with Crippen LogP contribution in [0.4, 0.5) is 13.2 Å². The number of alkyl halides is 3. The fraction of sp³-hybridized carbons (Fsp3) is 0.667. The van der Waals surface area contributed by atoms with Crippen molar-refractivity contribution in [1.29, 1.82) is 5.26 Å². The van der Waals surface area contributed by atoms with E-state index in [0.29, 0.717) is 17.7 Å². The van der Waals surface area contributed by atoms with E-state index in [-0.39, 0.29) is 60.5 Å². The summed E-state index contributed by atoms with van der Waals surface area (Å²) in [6.45, 7) is 26.0. The Morgan fingerprint density at radius 3 is 2.32 bits per heavy atom. The predicted molar refractivity (Wildman–Crippen MR) is 178 cm³/mol. The van der Waals surface area contributed by atoms with Crippen molar-refractivity contribution in [2.45, 2.75) is 131 Å². The average molecular weight is 885 g/mol. The maximum atomic E-state index is 12.9. The summed E-state index contributed by atoms with van der Waals surface area (Å²) >= 11 is 0. The molecule has 1 N–H and O–H groups in total. The number of H-pyrrole nitrogens is 1. The van der Waals surface area contributed by atoms with Gasteiger partial charge in [0.1, 0.15) is 11.6 Å².